The van der Waals surface area contributed by atoms with Crippen LogP contribution < -0.4 is 19.1 Å². The van der Waals surface area contributed by atoms with Gasteiger partial charge in [0.15, 0.2) is 16.6 Å². The molecule has 0 saturated carbocycles. The summed E-state index contributed by atoms with van der Waals surface area (Å²) in [6.07, 6.45) is 2.43. The first-order valence-electron chi connectivity index (χ1n) is 11.8. The van der Waals surface area contributed by atoms with Crippen molar-refractivity contribution in [3.05, 3.63) is 70.7 Å². The molecule has 1 unspecified atom stereocenters. The molecule has 4 rings (SSSR count). The number of aromatic nitrogens is 1. The average molecular weight is 509 g/mol. The number of amides is 1. The minimum atomic E-state index is -0.901. The lowest BCUT2D eigenvalue weighted by Gasteiger charge is -2.24. The minimum Gasteiger partial charge on any atom is -0.507 e. The van der Waals surface area contributed by atoms with Gasteiger partial charge in [0.1, 0.15) is 11.5 Å². The lowest BCUT2D eigenvalue weighted by molar-refractivity contribution is -0.132. The molecule has 9 heteroatoms. The first kappa shape index (κ1) is 25.2. The maximum Gasteiger partial charge on any atom is 0.301 e. The van der Waals surface area contributed by atoms with Gasteiger partial charge in [-0.3, -0.25) is 14.5 Å². The number of hydrogen-bond donors (Lipinski definition) is 1. The van der Waals surface area contributed by atoms with Crippen LogP contribution in [0.3, 0.4) is 0 Å². The maximum atomic E-state index is 13.3. The number of aliphatic hydroxyl groups is 1. The van der Waals surface area contributed by atoms with E-state index in [9.17, 15) is 14.7 Å². The summed E-state index contributed by atoms with van der Waals surface area (Å²) >= 11 is 1.23. The fourth-order valence-corrected chi connectivity index (χ4v) is 4.67. The van der Waals surface area contributed by atoms with E-state index in [1.807, 2.05) is 20.8 Å². The highest BCUT2D eigenvalue weighted by atomic mass is 32.1. The Balaban J connectivity index is 1.85. The molecule has 2 heterocycles. The second kappa shape index (κ2) is 11.3. The van der Waals surface area contributed by atoms with Gasteiger partial charge >= 0.3 is 5.91 Å². The Morgan fingerprint density at radius 3 is 2.36 bits per heavy atom. The monoisotopic (exact) mass is 508 g/mol. The molecule has 3 aromatic rings. The highest BCUT2D eigenvalue weighted by molar-refractivity contribution is 7.14. The lowest BCUT2D eigenvalue weighted by Crippen LogP contribution is -2.29. The van der Waals surface area contributed by atoms with Gasteiger partial charge < -0.3 is 19.3 Å². The molecular formula is C27H28N2O6S. The Morgan fingerprint density at radius 2 is 1.72 bits per heavy atom. The number of ether oxygens (including phenoxy) is 3. The van der Waals surface area contributed by atoms with Crippen molar-refractivity contribution in [3.8, 4) is 17.2 Å². The van der Waals surface area contributed by atoms with Gasteiger partial charge in [-0.1, -0.05) is 13.0 Å². The maximum absolute atomic E-state index is 13.3. The van der Waals surface area contributed by atoms with E-state index < -0.39 is 17.7 Å². The highest BCUT2D eigenvalue weighted by Gasteiger charge is 2.48. The van der Waals surface area contributed by atoms with Crippen molar-refractivity contribution in [2.45, 2.75) is 33.2 Å². The van der Waals surface area contributed by atoms with E-state index in [4.69, 9.17) is 14.2 Å². The van der Waals surface area contributed by atoms with E-state index in [0.29, 0.717) is 53.3 Å². The van der Waals surface area contributed by atoms with E-state index in [1.165, 1.54) is 16.2 Å². The van der Waals surface area contributed by atoms with Crippen LogP contribution in [0.5, 0.6) is 17.2 Å². The van der Waals surface area contributed by atoms with Gasteiger partial charge in [0, 0.05) is 17.1 Å². The van der Waals surface area contributed by atoms with Crippen LogP contribution in [0.4, 0.5) is 5.13 Å². The fourth-order valence-electron chi connectivity index (χ4n) is 4.00. The van der Waals surface area contributed by atoms with Gasteiger partial charge in [-0.25, -0.2) is 4.98 Å². The number of ketones is 1. The normalized spacial score (nSPS) is 16.9. The summed E-state index contributed by atoms with van der Waals surface area (Å²) in [4.78, 5) is 32.1. The SMILES string of the molecule is CCCOc1ccc(/C(O)=C2\C(=O)C(=O)N(c3nccs3)C2c2ccc(OCC)c(OCC)c2)cc1. The Labute approximate surface area is 213 Å². The molecular weight excluding hydrogens is 480 g/mol. The highest BCUT2D eigenvalue weighted by Crippen LogP contribution is 2.44. The average Bonchev–Trinajstić information content (AvgIpc) is 3.50. The van der Waals surface area contributed by atoms with Crippen molar-refractivity contribution in [2.75, 3.05) is 24.7 Å². The quantitative estimate of drug-likeness (QED) is 0.224. The summed E-state index contributed by atoms with van der Waals surface area (Å²) in [7, 11) is 0. The Hall–Kier alpha value is -3.85. The van der Waals surface area contributed by atoms with Crippen LogP contribution in [-0.4, -0.2) is 41.6 Å². The number of Topliss-reactive ketones (excluding diaryl/α,β-unsaturated/α-hetero) is 1. The second-order valence-corrected chi connectivity index (χ2v) is 8.80. The second-order valence-electron chi connectivity index (χ2n) is 7.93. The summed E-state index contributed by atoms with van der Waals surface area (Å²) in [6, 6.07) is 11.1. The molecule has 8 nitrogen and oxygen atoms in total. The van der Waals surface area contributed by atoms with Gasteiger partial charge in [0.2, 0.25) is 0 Å². The molecule has 1 fully saturated rings. The molecule has 1 saturated heterocycles. The van der Waals surface area contributed by atoms with Crippen molar-refractivity contribution >= 4 is 33.9 Å². The number of benzene rings is 2. The van der Waals surface area contributed by atoms with Crippen LogP contribution in [0, 0.1) is 0 Å². The number of rotatable bonds is 10. The number of nitrogens with zero attached hydrogens (tertiary/aromatic N) is 2. The van der Waals surface area contributed by atoms with Gasteiger partial charge in [-0.15, -0.1) is 11.3 Å². The number of anilines is 1. The third kappa shape index (κ3) is 4.92. The zero-order valence-corrected chi connectivity index (χ0v) is 21.2. The van der Waals surface area contributed by atoms with Crippen LogP contribution in [-0.2, 0) is 9.59 Å². The molecule has 0 aliphatic carbocycles. The smallest absolute Gasteiger partial charge is 0.301 e. The predicted molar refractivity (Wildman–Crippen MR) is 138 cm³/mol. The third-order valence-electron chi connectivity index (χ3n) is 5.55. The van der Waals surface area contributed by atoms with Gasteiger partial charge in [0.05, 0.1) is 31.4 Å². The summed E-state index contributed by atoms with van der Waals surface area (Å²) < 4.78 is 17.1. The molecule has 36 heavy (non-hydrogen) atoms. The van der Waals surface area contributed by atoms with Crippen LogP contribution in [0.2, 0.25) is 0 Å². The number of carbonyl (C=O) groups excluding carboxylic acids is 2. The van der Waals surface area contributed by atoms with E-state index in [-0.39, 0.29) is 11.3 Å². The molecule has 2 aromatic carbocycles. The number of thiazole rings is 1. The molecule has 1 aliphatic rings. The van der Waals surface area contributed by atoms with Gasteiger partial charge in [0.25, 0.3) is 5.78 Å². The van der Waals surface area contributed by atoms with Crippen molar-refractivity contribution in [1.29, 1.82) is 0 Å². The number of carbonyl (C=O) groups is 2. The third-order valence-corrected chi connectivity index (χ3v) is 6.32. The van der Waals surface area contributed by atoms with Crippen LogP contribution in [0.25, 0.3) is 5.76 Å². The van der Waals surface area contributed by atoms with E-state index in [0.717, 1.165) is 6.42 Å². The molecule has 0 spiro atoms. The largest absolute Gasteiger partial charge is 0.507 e. The first-order valence-corrected chi connectivity index (χ1v) is 12.7. The molecule has 1 aromatic heterocycles. The molecule has 1 amide bonds. The van der Waals surface area contributed by atoms with Crippen LogP contribution >= 0.6 is 11.3 Å². The Kier molecular flexibility index (Phi) is 7.90. The zero-order chi connectivity index (χ0) is 25.7. The molecule has 1 N–H and O–H groups in total. The summed E-state index contributed by atoms with van der Waals surface area (Å²) in [5.74, 6) is -0.125. The zero-order valence-electron chi connectivity index (χ0n) is 20.4. The summed E-state index contributed by atoms with van der Waals surface area (Å²) in [5.41, 5.74) is 0.960. The Bertz CT molecular complexity index is 1250. The van der Waals surface area contributed by atoms with Crippen molar-refractivity contribution in [1.82, 2.24) is 4.98 Å². The lowest BCUT2D eigenvalue weighted by atomic mass is 9.95. The summed E-state index contributed by atoms with van der Waals surface area (Å²) in [6.45, 7) is 7.18. The molecule has 0 bridgehead atoms. The minimum absolute atomic E-state index is 0.0240. The van der Waals surface area contributed by atoms with Crippen molar-refractivity contribution < 1.29 is 28.9 Å². The molecule has 188 valence electrons. The van der Waals surface area contributed by atoms with Gasteiger partial charge in [-0.2, -0.15) is 0 Å². The van der Waals surface area contributed by atoms with Gasteiger partial charge in [-0.05, 0) is 62.2 Å². The summed E-state index contributed by atoms with van der Waals surface area (Å²) in [5, 5.41) is 13.4. The van der Waals surface area contributed by atoms with Crippen LogP contribution in [0.15, 0.2) is 59.6 Å². The fraction of sp³-hybridized carbons (Fsp3) is 0.296. The van der Waals surface area contributed by atoms with Crippen molar-refractivity contribution in [2.24, 2.45) is 0 Å². The first-order chi connectivity index (χ1) is 17.5. The topological polar surface area (TPSA) is 98.2 Å². The van der Waals surface area contributed by atoms with E-state index in [2.05, 4.69) is 4.98 Å². The molecule has 1 aliphatic heterocycles. The van der Waals surface area contributed by atoms with Crippen LogP contribution in [0.1, 0.15) is 44.4 Å². The van der Waals surface area contributed by atoms with Crippen molar-refractivity contribution in [3.63, 3.8) is 0 Å². The molecule has 0 radical (unpaired) electrons. The standard InChI is InChI=1S/C27H28N2O6S/c1-4-14-35-19-10-7-17(8-11-19)24(30)22-23(29(26(32)25(22)31)27-28-13-15-36-27)18-9-12-20(33-5-2)21(16-18)34-6-3/h7-13,15-16,23,30H,4-6,14H2,1-3H3/b24-22+. The number of hydrogen-bond acceptors (Lipinski definition) is 8. The van der Waals surface area contributed by atoms with E-state index >= 15 is 0 Å². The number of aliphatic hydroxyl groups excluding tert-OH is 1. The predicted octanol–water partition coefficient (Wildman–Crippen LogP) is 5.36. The molecule has 1 atom stereocenters. The van der Waals surface area contributed by atoms with E-state index in [1.54, 1.807) is 54.0 Å². The Morgan fingerprint density at radius 1 is 1.00 bits per heavy atom.